The average molecular weight is 769 g/mol. The van der Waals surface area contributed by atoms with Gasteiger partial charge < -0.3 is 18.6 Å². The summed E-state index contributed by atoms with van der Waals surface area (Å²) in [6.45, 7) is 0. The van der Waals surface area contributed by atoms with Crippen LogP contribution in [-0.4, -0.2) is 0 Å². The molecule has 10 aromatic carbocycles. The SMILES string of the molecule is c1ccc(-c2cccc(N(c3ccc4c(c3)oc3ccccc34)c3cc4c(oc5cc(N(c6ccccc6)c6ccccc6)c6ccccc6c54)c4ccccc34)c2)cc1. The molecule has 2 aromatic heterocycles. The minimum atomic E-state index is 0.833. The zero-order chi connectivity index (χ0) is 39.6. The van der Waals surface area contributed by atoms with Gasteiger partial charge in [0.15, 0.2) is 0 Å². The molecule has 0 atom stereocenters. The van der Waals surface area contributed by atoms with Crippen LogP contribution in [0.1, 0.15) is 0 Å². The highest BCUT2D eigenvalue weighted by molar-refractivity contribution is 6.27. The van der Waals surface area contributed by atoms with Crippen molar-refractivity contribution in [3.05, 3.63) is 218 Å². The predicted octanol–water partition coefficient (Wildman–Crippen LogP) is 16.4. The molecular weight excluding hydrogens is 733 g/mol. The van der Waals surface area contributed by atoms with Gasteiger partial charge in [0.2, 0.25) is 0 Å². The summed E-state index contributed by atoms with van der Waals surface area (Å²) in [6, 6.07) is 77.3. The monoisotopic (exact) mass is 768 g/mol. The minimum absolute atomic E-state index is 0.833. The molecule has 0 amide bonds. The molecule has 12 aromatic rings. The van der Waals surface area contributed by atoms with Gasteiger partial charge in [0, 0.05) is 72.6 Å². The molecule has 4 heteroatoms. The van der Waals surface area contributed by atoms with Gasteiger partial charge in [-0.05, 0) is 77.2 Å². The minimum Gasteiger partial charge on any atom is -0.456 e. The average Bonchev–Trinajstić information content (AvgIpc) is 3.89. The number of hydrogen-bond donors (Lipinski definition) is 0. The lowest BCUT2D eigenvalue weighted by Gasteiger charge is -2.27. The first kappa shape index (κ1) is 34.0. The van der Waals surface area contributed by atoms with E-state index in [1.54, 1.807) is 0 Å². The molecule has 2 heterocycles. The summed E-state index contributed by atoms with van der Waals surface area (Å²) in [5.74, 6) is 0. The van der Waals surface area contributed by atoms with Crippen molar-refractivity contribution < 1.29 is 8.83 Å². The van der Waals surface area contributed by atoms with Crippen LogP contribution in [-0.2, 0) is 0 Å². The van der Waals surface area contributed by atoms with Gasteiger partial charge in [0.05, 0.1) is 11.4 Å². The Kier molecular flexibility index (Phi) is 7.82. The smallest absolute Gasteiger partial charge is 0.143 e. The first-order valence-electron chi connectivity index (χ1n) is 20.3. The highest BCUT2D eigenvalue weighted by Gasteiger charge is 2.25. The third kappa shape index (κ3) is 5.46. The predicted molar refractivity (Wildman–Crippen MR) is 251 cm³/mol. The number of benzene rings is 10. The van der Waals surface area contributed by atoms with Crippen molar-refractivity contribution in [2.75, 3.05) is 9.80 Å². The molecule has 0 saturated heterocycles. The molecule has 0 bridgehead atoms. The van der Waals surface area contributed by atoms with Crippen molar-refractivity contribution >= 4 is 99.5 Å². The maximum atomic E-state index is 7.09. The normalized spacial score (nSPS) is 11.7. The van der Waals surface area contributed by atoms with E-state index in [9.17, 15) is 0 Å². The Morgan fingerprint density at radius 3 is 1.52 bits per heavy atom. The molecule has 0 aliphatic heterocycles. The molecular formula is C56H36N2O2. The molecule has 4 nitrogen and oxygen atoms in total. The van der Waals surface area contributed by atoms with E-state index in [1.165, 1.54) is 0 Å². The molecule has 0 unspecified atom stereocenters. The topological polar surface area (TPSA) is 32.8 Å². The van der Waals surface area contributed by atoms with Crippen LogP contribution in [0.25, 0.3) is 76.5 Å². The molecule has 0 N–H and O–H groups in total. The molecule has 0 aliphatic carbocycles. The van der Waals surface area contributed by atoms with Crippen LogP contribution >= 0.6 is 0 Å². The zero-order valence-corrected chi connectivity index (χ0v) is 32.5. The van der Waals surface area contributed by atoms with Gasteiger partial charge in [-0.15, -0.1) is 0 Å². The van der Waals surface area contributed by atoms with Crippen molar-refractivity contribution in [3.8, 4) is 11.1 Å². The van der Waals surface area contributed by atoms with E-state index in [4.69, 9.17) is 8.83 Å². The largest absolute Gasteiger partial charge is 0.456 e. The fraction of sp³-hybridized carbons (Fsp3) is 0. The third-order valence-electron chi connectivity index (χ3n) is 11.8. The fourth-order valence-electron chi connectivity index (χ4n) is 9.11. The summed E-state index contributed by atoms with van der Waals surface area (Å²) < 4.78 is 13.6. The van der Waals surface area contributed by atoms with Gasteiger partial charge in [-0.3, -0.25) is 0 Å². The summed E-state index contributed by atoms with van der Waals surface area (Å²) in [5.41, 5.74) is 12.0. The van der Waals surface area contributed by atoms with Crippen LogP contribution in [0, 0.1) is 0 Å². The van der Waals surface area contributed by atoms with Gasteiger partial charge in [-0.25, -0.2) is 0 Å². The molecule has 12 rings (SSSR count). The summed E-state index contributed by atoms with van der Waals surface area (Å²) in [4.78, 5) is 4.71. The van der Waals surface area contributed by atoms with Gasteiger partial charge in [-0.2, -0.15) is 0 Å². The van der Waals surface area contributed by atoms with Crippen LogP contribution in [0.3, 0.4) is 0 Å². The van der Waals surface area contributed by atoms with Crippen molar-refractivity contribution in [2.24, 2.45) is 0 Å². The summed E-state index contributed by atoms with van der Waals surface area (Å²) in [7, 11) is 0. The van der Waals surface area contributed by atoms with Crippen molar-refractivity contribution in [1.82, 2.24) is 0 Å². The number of fused-ring (bicyclic) bond motifs is 10. The van der Waals surface area contributed by atoms with Crippen molar-refractivity contribution in [2.45, 2.75) is 0 Å². The Morgan fingerprint density at radius 2 is 0.783 bits per heavy atom. The lowest BCUT2D eigenvalue weighted by molar-refractivity contribution is 0.669. The molecule has 60 heavy (non-hydrogen) atoms. The standard InChI is InChI=1S/C56H36N2O2/c1-4-17-37(18-5-1)38-19-16-24-41(33-38)58(42-31-32-46-45-27-14-15-30-52(45)59-53(46)34-42)50-35-49-55-47-28-12-10-25-43(47)51(36-54(55)60-56(49)48-29-13-11-26-44(48)50)57(39-20-6-2-7-21-39)40-22-8-3-9-23-40/h1-36H. The number of hydrogen-bond acceptors (Lipinski definition) is 4. The second kappa shape index (κ2) is 13.8. The summed E-state index contributed by atoms with van der Waals surface area (Å²) in [5, 5.41) is 8.74. The van der Waals surface area contributed by atoms with Crippen LogP contribution < -0.4 is 9.80 Å². The highest BCUT2D eigenvalue weighted by atomic mass is 16.3. The van der Waals surface area contributed by atoms with Crippen LogP contribution in [0.15, 0.2) is 227 Å². The van der Waals surface area contributed by atoms with Gasteiger partial charge in [0.25, 0.3) is 0 Å². The number of para-hydroxylation sites is 3. The number of rotatable bonds is 7. The Bertz CT molecular complexity index is 3510. The quantitative estimate of drug-likeness (QED) is 0.162. The van der Waals surface area contributed by atoms with Crippen LogP contribution in [0.2, 0.25) is 0 Å². The van der Waals surface area contributed by atoms with Crippen molar-refractivity contribution in [3.63, 3.8) is 0 Å². The lowest BCUT2D eigenvalue weighted by atomic mass is 9.97. The molecule has 0 spiro atoms. The lowest BCUT2D eigenvalue weighted by Crippen LogP contribution is -2.10. The first-order chi connectivity index (χ1) is 29.8. The second-order valence-electron chi connectivity index (χ2n) is 15.3. The van der Waals surface area contributed by atoms with E-state index in [1.807, 2.05) is 12.1 Å². The van der Waals surface area contributed by atoms with E-state index in [0.29, 0.717) is 0 Å². The molecule has 0 fully saturated rings. The maximum Gasteiger partial charge on any atom is 0.143 e. The number of nitrogens with zero attached hydrogens (tertiary/aromatic N) is 2. The van der Waals surface area contributed by atoms with E-state index in [2.05, 4.69) is 216 Å². The summed E-state index contributed by atoms with van der Waals surface area (Å²) >= 11 is 0. The van der Waals surface area contributed by atoms with Gasteiger partial charge in [-0.1, -0.05) is 146 Å². The Morgan fingerprint density at radius 1 is 0.267 bits per heavy atom. The molecule has 0 saturated carbocycles. The molecule has 282 valence electrons. The Hall–Kier alpha value is -8.08. The number of furan rings is 2. The second-order valence-corrected chi connectivity index (χ2v) is 15.3. The zero-order valence-electron chi connectivity index (χ0n) is 32.5. The number of anilines is 6. The van der Waals surface area contributed by atoms with Gasteiger partial charge in [0.1, 0.15) is 22.3 Å². The van der Waals surface area contributed by atoms with Gasteiger partial charge >= 0.3 is 0 Å². The highest BCUT2D eigenvalue weighted by Crippen LogP contribution is 2.49. The molecule has 0 aliphatic rings. The van der Waals surface area contributed by atoms with E-state index < -0.39 is 0 Å². The van der Waals surface area contributed by atoms with Crippen molar-refractivity contribution in [1.29, 1.82) is 0 Å². The Balaban J connectivity index is 1.15. The van der Waals surface area contributed by atoms with Crippen LogP contribution in [0.4, 0.5) is 34.1 Å². The third-order valence-corrected chi connectivity index (χ3v) is 11.8. The molecule has 0 radical (unpaired) electrons. The van der Waals surface area contributed by atoms with E-state index in [-0.39, 0.29) is 0 Å². The fourth-order valence-corrected chi connectivity index (χ4v) is 9.11. The Labute approximate surface area is 346 Å². The maximum absolute atomic E-state index is 7.09. The first-order valence-corrected chi connectivity index (χ1v) is 20.3. The van der Waals surface area contributed by atoms with E-state index in [0.717, 1.165) is 111 Å². The van der Waals surface area contributed by atoms with Crippen LogP contribution in [0.5, 0.6) is 0 Å². The van der Waals surface area contributed by atoms with E-state index >= 15 is 0 Å². The summed E-state index contributed by atoms with van der Waals surface area (Å²) in [6.07, 6.45) is 0.